The van der Waals surface area contributed by atoms with Gasteiger partial charge in [-0.1, -0.05) is 18.5 Å². The van der Waals surface area contributed by atoms with Crippen LogP contribution in [-0.2, 0) is 6.54 Å². The summed E-state index contributed by atoms with van der Waals surface area (Å²) in [7, 11) is 0. The molecule has 0 radical (unpaired) electrons. The molecule has 0 aliphatic carbocycles. The first-order valence-electron chi connectivity index (χ1n) is 6.07. The maximum absolute atomic E-state index is 5.99. The lowest BCUT2D eigenvalue weighted by atomic mass is 10.2. The predicted octanol–water partition coefficient (Wildman–Crippen LogP) is 3.11. The van der Waals surface area contributed by atoms with E-state index in [4.69, 9.17) is 11.6 Å². The van der Waals surface area contributed by atoms with E-state index in [1.165, 1.54) is 0 Å². The Morgan fingerprint density at radius 3 is 2.94 bits per heavy atom. The Balaban J connectivity index is 2.11. The number of nitrogens with zero attached hydrogens (tertiary/aromatic N) is 3. The number of pyridine rings is 1. The molecular formula is C13H17ClN4. The first-order chi connectivity index (χ1) is 8.70. The van der Waals surface area contributed by atoms with Gasteiger partial charge in [-0.3, -0.25) is 4.68 Å². The number of rotatable bonds is 5. The minimum Gasteiger partial charge on any atom is -0.370 e. The maximum atomic E-state index is 5.99. The molecule has 1 N–H and O–H groups in total. The third-order valence-corrected chi connectivity index (χ3v) is 3.13. The van der Waals surface area contributed by atoms with Crippen molar-refractivity contribution in [3.05, 3.63) is 40.8 Å². The lowest BCUT2D eigenvalue weighted by molar-refractivity contribution is 0.664. The molecule has 0 atom stereocenters. The molecular weight excluding hydrogens is 248 g/mol. The van der Waals surface area contributed by atoms with Crippen LogP contribution in [0, 0.1) is 6.92 Å². The molecule has 0 fully saturated rings. The molecule has 0 aliphatic rings. The van der Waals surface area contributed by atoms with E-state index >= 15 is 0 Å². The molecule has 0 amide bonds. The summed E-state index contributed by atoms with van der Waals surface area (Å²) < 4.78 is 1.89. The van der Waals surface area contributed by atoms with Crippen molar-refractivity contribution in [2.24, 2.45) is 0 Å². The van der Waals surface area contributed by atoms with Crippen molar-refractivity contribution in [2.45, 2.75) is 26.8 Å². The fourth-order valence-corrected chi connectivity index (χ4v) is 1.82. The van der Waals surface area contributed by atoms with Crippen molar-refractivity contribution in [1.82, 2.24) is 14.8 Å². The van der Waals surface area contributed by atoms with Crippen LogP contribution >= 0.6 is 11.6 Å². The zero-order chi connectivity index (χ0) is 13.0. The van der Waals surface area contributed by atoms with Crippen LogP contribution in [0.15, 0.2) is 24.5 Å². The summed E-state index contributed by atoms with van der Waals surface area (Å²) >= 11 is 5.99. The molecule has 0 saturated heterocycles. The van der Waals surface area contributed by atoms with Crippen LogP contribution in [0.1, 0.15) is 24.6 Å². The van der Waals surface area contributed by atoms with Gasteiger partial charge in [-0.15, -0.1) is 0 Å². The number of halogens is 1. The lowest BCUT2D eigenvalue weighted by Gasteiger charge is -2.08. The number of aromatic nitrogens is 3. The monoisotopic (exact) mass is 264 g/mol. The molecule has 18 heavy (non-hydrogen) atoms. The van der Waals surface area contributed by atoms with E-state index in [2.05, 4.69) is 22.3 Å². The van der Waals surface area contributed by atoms with E-state index in [0.717, 1.165) is 30.0 Å². The van der Waals surface area contributed by atoms with Gasteiger partial charge >= 0.3 is 0 Å². The highest BCUT2D eigenvalue weighted by atomic mass is 35.5. The van der Waals surface area contributed by atoms with E-state index in [0.29, 0.717) is 11.6 Å². The van der Waals surface area contributed by atoms with Gasteiger partial charge in [-0.25, -0.2) is 4.98 Å². The Labute approximate surface area is 112 Å². The van der Waals surface area contributed by atoms with Crippen LogP contribution in [-0.4, -0.2) is 21.3 Å². The third-order valence-electron chi connectivity index (χ3n) is 2.76. The normalized spacial score (nSPS) is 10.6. The average molecular weight is 265 g/mol. The Morgan fingerprint density at radius 1 is 1.44 bits per heavy atom. The second-order valence-electron chi connectivity index (χ2n) is 4.21. The van der Waals surface area contributed by atoms with E-state index in [1.54, 1.807) is 6.20 Å². The average Bonchev–Trinajstić information content (AvgIpc) is 2.69. The zero-order valence-electron chi connectivity index (χ0n) is 10.7. The fourth-order valence-electron chi connectivity index (χ4n) is 1.68. The van der Waals surface area contributed by atoms with Crippen molar-refractivity contribution in [3.8, 4) is 0 Å². The quantitative estimate of drug-likeness (QED) is 0.902. The highest BCUT2D eigenvalue weighted by molar-refractivity contribution is 6.31. The summed E-state index contributed by atoms with van der Waals surface area (Å²) in [6, 6.07) is 4.04. The molecule has 0 bridgehead atoms. The molecule has 2 aromatic heterocycles. The summed E-state index contributed by atoms with van der Waals surface area (Å²) in [5.41, 5.74) is 2.14. The van der Waals surface area contributed by atoms with Crippen LogP contribution in [0.25, 0.3) is 0 Å². The van der Waals surface area contributed by atoms with Crippen LogP contribution in [0.4, 0.5) is 5.82 Å². The van der Waals surface area contributed by atoms with Gasteiger partial charge in [0, 0.05) is 12.7 Å². The maximum Gasteiger partial charge on any atom is 0.126 e. The van der Waals surface area contributed by atoms with Gasteiger partial charge in [0.15, 0.2) is 0 Å². The molecule has 4 nitrogen and oxygen atoms in total. The number of hydrogen-bond donors (Lipinski definition) is 1. The largest absolute Gasteiger partial charge is 0.370 e. The molecule has 0 unspecified atom stereocenters. The second kappa shape index (κ2) is 5.87. The van der Waals surface area contributed by atoms with Gasteiger partial charge in [0.25, 0.3) is 0 Å². The van der Waals surface area contributed by atoms with Crippen molar-refractivity contribution in [2.75, 3.05) is 11.9 Å². The third kappa shape index (κ3) is 3.01. The Hall–Kier alpha value is -1.55. The molecule has 96 valence electrons. The summed E-state index contributed by atoms with van der Waals surface area (Å²) in [6.07, 6.45) is 4.57. The topological polar surface area (TPSA) is 42.7 Å². The predicted molar refractivity (Wildman–Crippen MR) is 74.1 cm³/mol. The minimum atomic E-state index is 0.702. The highest BCUT2D eigenvalue weighted by Crippen LogP contribution is 2.15. The summed E-state index contributed by atoms with van der Waals surface area (Å²) in [5.74, 6) is 0.908. The fraction of sp³-hybridized carbons (Fsp3) is 0.385. The van der Waals surface area contributed by atoms with Crippen molar-refractivity contribution >= 4 is 17.4 Å². The minimum absolute atomic E-state index is 0.702. The number of anilines is 1. The van der Waals surface area contributed by atoms with Gasteiger partial charge in [0.1, 0.15) is 5.82 Å². The summed E-state index contributed by atoms with van der Waals surface area (Å²) in [4.78, 5) is 4.28. The molecule has 2 rings (SSSR count). The SMILES string of the molecule is CCCNc1cc(Cn2ncc(Cl)c2C)ccn1. The summed E-state index contributed by atoms with van der Waals surface area (Å²) in [6.45, 7) is 5.74. The number of nitrogens with one attached hydrogen (secondary N) is 1. The Morgan fingerprint density at radius 2 is 2.28 bits per heavy atom. The van der Waals surface area contributed by atoms with Gasteiger partial charge in [-0.2, -0.15) is 5.10 Å². The van der Waals surface area contributed by atoms with Gasteiger partial charge in [0.2, 0.25) is 0 Å². The van der Waals surface area contributed by atoms with Crippen molar-refractivity contribution in [3.63, 3.8) is 0 Å². The molecule has 0 spiro atoms. The molecule has 0 aromatic carbocycles. The lowest BCUT2D eigenvalue weighted by Crippen LogP contribution is -2.06. The van der Waals surface area contributed by atoms with Gasteiger partial charge in [-0.05, 0) is 31.0 Å². The Kier molecular flexibility index (Phi) is 4.20. The second-order valence-corrected chi connectivity index (χ2v) is 4.62. The van der Waals surface area contributed by atoms with E-state index in [9.17, 15) is 0 Å². The first-order valence-corrected chi connectivity index (χ1v) is 6.45. The molecule has 5 heteroatoms. The van der Waals surface area contributed by atoms with Crippen molar-refractivity contribution < 1.29 is 0 Å². The number of hydrogen-bond acceptors (Lipinski definition) is 3. The highest BCUT2D eigenvalue weighted by Gasteiger charge is 2.05. The van der Waals surface area contributed by atoms with Crippen LogP contribution < -0.4 is 5.32 Å². The molecule has 2 aromatic rings. The van der Waals surface area contributed by atoms with Crippen LogP contribution in [0.3, 0.4) is 0 Å². The molecule has 2 heterocycles. The standard InChI is InChI=1S/C13H17ClN4/c1-3-5-15-13-7-11(4-6-16-13)9-18-10(2)12(14)8-17-18/h4,6-8H,3,5,9H2,1-2H3,(H,15,16). The molecule has 0 aliphatic heterocycles. The first kappa shape index (κ1) is 12.9. The van der Waals surface area contributed by atoms with Gasteiger partial charge < -0.3 is 5.32 Å². The van der Waals surface area contributed by atoms with Crippen LogP contribution in [0.5, 0.6) is 0 Å². The molecule has 0 saturated carbocycles. The zero-order valence-corrected chi connectivity index (χ0v) is 11.4. The van der Waals surface area contributed by atoms with Crippen LogP contribution in [0.2, 0.25) is 5.02 Å². The van der Waals surface area contributed by atoms with E-state index in [-0.39, 0.29) is 0 Å². The van der Waals surface area contributed by atoms with Gasteiger partial charge in [0.05, 0.1) is 23.5 Å². The summed E-state index contributed by atoms with van der Waals surface area (Å²) in [5, 5.41) is 8.22. The Bertz CT molecular complexity index is 521. The van der Waals surface area contributed by atoms with Crippen molar-refractivity contribution in [1.29, 1.82) is 0 Å². The van der Waals surface area contributed by atoms with E-state index < -0.39 is 0 Å². The van der Waals surface area contributed by atoms with E-state index in [1.807, 2.05) is 29.9 Å². The smallest absolute Gasteiger partial charge is 0.126 e.